The average Bonchev–Trinajstić information content (AvgIpc) is 2.95. The summed E-state index contributed by atoms with van der Waals surface area (Å²) in [7, 11) is 1.85. The molecule has 134 valence electrons. The zero-order valence-corrected chi connectivity index (χ0v) is 16.0. The van der Waals surface area contributed by atoms with Crippen molar-refractivity contribution < 1.29 is 14.7 Å². The Kier molecular flexibility index (Phi) is 6.01. The van der Waals surface area contributed by atoms with E-state index < -0.39 is 5.97 Å². The van der Waals surface area contributed by atoms with Gasteiger partial charge >= 0.3 is 5.97 Å². The fourth-order valence-corrected chi connectivity index (χ4v) is 4.47. The highest BCUT2D eigenvalue weighted by Gasteiger charge is 2.33. The number of carboxylic acid groups (broad SMARTS) is 1. The molecule has 1 N–H and O–H groups in total. The van der Waals surface area contributed by atoms with E-state index in [0.717, 1.165) is 15.6 Å². The quantitative estimate of drug-likeness (QED) is 0.870. The summed E-state index contributed by atoms with van der Waals surface area (Å²) in [6, 6.07) is -0.000280. The lowest BCUT2D eigenvalue weighted by atomic mass is 9.81. The Morgan fingerprint density at radius 3 is 2.17 bits per heavy atom. The molecule has 0 bridgehead atoms. The van der Waals surface area contributed by atoms with E-state index in [2.05, 4.69) is 18.8 Å². The SMILES string of the molecule is Cc1nc(C(C)C)sc1C(C)N(C)C(=O)C1CCC(C(=O)O)CC1. The normalized spacial score (nSPS) is 22.4. The molecular weight excluding hydrogens is 324 g/mol. The van der Waals surface area contributed by atoms with Gasteiger partial charge in [-0.25, -0.2) is 4.98 Å². The number of rotatable bonds is 5. The van der Waals surface area contributed by atoms with Crippen LogP contribution in [0.25, 0.3) is 0 Å². The van der Waals surface area contributed by atoms with Gasteiger partial charge in [0, 0.05) is 23.8 Å². The molecule has 1 fully saturated rings. The second-order valence-electron chi connectivity index (χ2n) is 7.17. The molecule has 0 saturated heterocycles. The average molecular weight is 353 g/mol. The van der Waals surface area contributed by atoms with E-state index in [1.807, 2.05) is 25.8 Å². The molecule has 1 saturated carbocycles. The van der Waals surface area contributed by atoms with Crippen molar-refractivity contribution in [1.82, 2.24) is 9.88 Å². The Morgan fingerprint density at radius 1 is 1.17 bits per heavy atom. The Balaban J connectivity index is 2.04. The number of nitrogens with zero attached hydrogens (tertiary/aromatic N) is 2. The molecule has 0 radical (unpaired) electrons. The van der Waals surface area contributed by atoms with Gasteiger partial charge in [0.2, 0.25) is 5.91 Å². The number of carbonyl (C=O) groups excluding carboxylic acids is 1. The number of hydrogen-bond donors (Lipinski definition) is 1. The standard InChI is InChI=1S/C18H28N2O3S/c1-10(2)16-19-11(3)15(24-16)12(4)20(5)17(21)13-6-8-14(9-7-13)18(22)23/h10,12-14H,6-9H2,1-5H3,(H,22,23). The van der Waals surface area contributed by atoms with Gasteiger partial charge in [-0.2, -0.15) is 0 Å². The predicted octanol–water partition coefficient (Wildman–Crippen LogP) is 3.99. The van der Waals surface area contributed by atoms with Crippen LogP contribution in [0.4, 0.5) is 0 Å². The van der Waals surface area contributed by atoms with Crippen LogP contribution >= 0.6 is 11.3 Å². The third-order valence-corrected chi connectivity index (χ3v) is 6.70. The zero-order chi connectivity index (χ0) is 18.0. The molecule has 1 aliphatic carbocycles. The van der Waals surface area contributed by atoms with Crippen molar-refractivity contribution in [2.45, 2.75) is 65.3 Å². The number of aryl methyl sites for hydroxylation is 1. The number of aliphatic carboxylic acids is 1. The number of carbonyl (C=O) groups is 2. The predicted molar refractivity (Wildman–Crippen MR) is 95.2 cm³/mol. The molecule has 0 aromatic carbocycles. The molecule has 2 rings (SSSR count). The summed E-state index contributed by atoms with van der Waals surface area (Å²) < 4.78 is 0. The summed E-state index contributed by atoms with van der Waals surface area (Å²) in [4.78, 5) is 31.4. The maximum Gasteiger partial charge on any atom is 0.306 e. The second kappa shape index (κ2) is 7.64. The third kappa shape index (κ3) is 3.97. The largest absolute Gasteiger partial charge is 0.481 e. The molecule has 1 heterocycles. The molecule has 1 aromatic rings. The summed E-state index contributed by atoms with van der Waals surface area (Å²) in [5.74, 6) is -0.545. The van der Waals surface area contributed by atoms with Crippen LogP contribution in [0.1, 0.15) is 74.0 Å². The van der Waals surface area contributed by atoms with Gasteiger partial charge < -0.3 is 10.0 Å². The maximum atomic E-state index is 12.8. The minimum atomic E-state index is -0.732. The van der Waals surface area contributed by atoms with Crippen LogP contribution in [0.15, 0.2) is 0 Å². The Morgan fingerprint density at radius 2 is 1.71 bits per heavy atom. The summed E-state index contributed by atoms with van der Waals surface area (Å²) in [6.07, 6.45) is 2.55. The van der Waals surface area contributed by atoms with Crippen LogP contribution in [-0.2, 0) is 9.59 Å². The second-order valence-corrected chi connectivity index (χ2v) is 8.23. The van der Waals surface area contributed by atoms with Crippen LogP contribution in [0.3, 0.4) is 0 Å². The van der Waals surface area contributed by atoms with Crippen molar-refractivity contribution in [2.24, 2.45) is 11.8 Å². The number of aromatic nitrogens is 1. The number of carboxylic acids is 1. The molecule has 0 spiro atoms. The Bertz CT molecular complexity index is 603. The Hall–Kier alpha value is -1.43. The smallest absolute Gasteiger partial charge is 0.306 e. The molecule has 5 nitrogen and oxygen atoms in total. The summed E-state index contributed by atoms with van der Waals surface area (Å²) in [5, 5.41) is 10.2. The lowest BCUT2D eigenvalue weighted by molar-refractivity contribution is -0.145. The van der Waals surface area contributed by atoms with Gasteiger partial charge in [-0.15, -0.1) is 11.3 Å². The van der Waals surface area contributed by atoms with E-state index in [0.29, 0.717) is 31.6 Å². The molecular formula is C18H28N2O3S. The van der Waals surface area contributed by atoms with Crippen molar-refractivity contribution in [3.8, 4) is 0 Å². The number of thiazole rings is 1. The van der Waals surface area contributed by atoms with Gasteiger partial charge in [0.05, 0.1) is 22.7 Å². The fraction of sp³-hybridized carbons (Fsp3) is 0.722. The summed E-state index contributed by atoms with van der Waals surface area (Å²) in [6.45, 7) is 8.31. The molecule has 6 heteroatoms. The molecule has 1 unspecified atom stereocenters. The van der Waals surface area contributed by atoms with Crippen molar-refractivity contribution >= 4 is 23.2 Å². The monoisotopic (exact) mass is 352 g/mol. The molecule has 1 atom stereocenters. The van der Waals surface area contributed by atoms with Crippen molar-refractivity contribution in [3.05, 3.63) is 15.6 Å². The van der Waals surface area contributed by atoms with Crippen LogP contribution in [0, 0.1) is 18.8 Å². The van der Waals surface area contributed by atoms with E-state index >= 15 is 0 Å². The maximum absolute atomic E-state index is 12.8. The highest BCUT2D eigenvalue weighted by atomic mass is 32.1. The minimum absolute atomic E-state index is 0.000280. The van der Waals surface area contributed by atoms with Crippen molar-refractivity contribution in [1.29, 1.82) is 0 Å². The third-order valence-electron chi connectivity index (χ3n) is 5.08. The van der Waals surface area contributed by atoms with E-state index in [4.69, 9.17) is 5.11 Å². The first-order valence-corrected chi connectivity index (χ1v) is 9.50. The van der Waals surface area contributed by atoms with Crippen LogP contribution < -0.4 is 0 Å². The lowest BCUT2D eigenvalue weighted by Crippen LogP contribution is -2.37. The van der Waals surface area contributed by atoms with E-state index in [1.165, 1.54) is 0 Å². The molecule has 1 aromatic heterocycles. The van der Waals surface area contributed by atoms with Crippen LogP contribution in [-0.4, -0.2) is 33.9 Å². The first-order valence-electron chi connectivity index (χ1n) is 8.69. The summed E-state index contributed by atoms with van der Waals surface area (Å²) >= 11 is 1.69. The first kappa shape index (κ1) is 18.9. The highest BCUT2D eigenvalue weighted by molar-refractivity contribution is 7.11. The van der Waals surface area contributed by atoms with Gasteiger partial charge in [-0.3, -0.25) is 9.59 Å². The van der Waals surface area contributed by atoms with Gasteiger partial charge in [-0.1, -0.05) is 13.8 Å². The van der Waals surface area contributed by atoms with Crippen LogP contribution in [0.5, 0.6) is 0 Å². The van der Waals surface area contributed by atoms with Gasteiger partial charge in [0.1, 0.15) is 0 Å². The number of amides is 1. The first-order chi connectivity index (χ1) is 11.2. The summed E-state index contributed by atoms with van der Waals surface area (Å²) in [5.41, 5.74) is 1.01. The van der Waals surface area contributed by atoms with Crippen molar-refractivity contribution in [3.63, 3.8) is 0 Å². The molecule has 1 aliphatic rings. The van der Waals surface area contributed by atoms with Crippen molar-refractivity contribution in [2.75, 3.05) is 7.05 Å². The topological polar surface area (TPSA) is 70.5 Å². The Labute approximate surface area is 148 Å². The van der Waals surface area contributed by atoms with E-state index in [-0.39, 0.29) is 23.8 Å². The lowest BCUT2D eigenvalue weighted by Gasteiger charge is -2.32. The fourth-order valence-electron chi connectivity index (χ4n) is 3.31. The minimum Gasteiger partial charge on any atom is -0.481 e. The molecule has 0 aliphatic heterocycles. The van der Waals surface area contributed by atoms with Crippen LogP contribution in [0.2, 0.25) is 0 Å². The highest BCUT2D eigenvalue weighted by Crippen LogP contribution is 2.35. The molecule has 1 amide bonds. The zero-order valence-electron chi connectivity index (χ0n) is 15.2. The molecule has 24 heavy (non-hydrogen) atoms. The van der Waals surface area contributed by atoms with E-state index in [1.54, 1.807) is 11.3 Å². The number of hydrogen-bond acceptors (Lipinski definition) is 4. The van der Waals surface area contributed by atoms with Gasteiger partial charge in [-0.05, 0) is 39.5 Å². The van der Waals surface area contributed by atoms with Gasteiger partial charge in [0.15, 0.2) is 0 Å². The van der Waals surface area contributed by atoms with Gasteiger partial charge in [0.25, 0.3) is 0 Å². The van der Waals surface area contributed by atoms with E-state index in [9.17, 15) is 9.59 Å².